The zero-order valence-electron chi connectivity index (χ0n) is 16.1. The monoisotopic (exact) mass is 393 g/mol. The molecule has 1 amide bonds. The summed E-state index contributed by atoms with van der Waals surface area (Å²) >= 11 is 5.23. The van der Waals surface area contributed by atoms with E-state index in [1.54, 1.807) is 6.92 Å². The molecule has 0 saturated carbocycles. The summed E-state index contributed by atoms with van der Waals surface area (Å²) in [5, 5.41) is 5.54. The Morgan fingerprint density at radius 3 is 2.32 bits per heavy atom. The van der Waals surface area contributed by atoms with E-state index in [0.717, 1.165) is 27.6 Å². The standard InChI is InChI=1S/C22H23N3O2S/c1-14-10-15(2)12-19(11-14)23-22(28)25-24-21(26)16(3)27-20-9-8-17-6-4-5-7-18(17)13-20/h4-13,16H,1-3H3,(H,24,26)(H2,23,25,28)/t16-/m0/s1. The Labute approximate surface area is 170 Å². The molecule has 0 bridgehead atoms. The van der Waals surface area contributed by atoms with E-state index >= 15 is 0 Å². The van der Waals surface area contributed by atoms with E-state index in [4.69, 9.17) is 17.0 Å². The number of carbonyl (C=O) groups is 1. The first kappa shape index (κ1) is 19.6. The van der Waals surface area contributed by atoms with E-state index in [1.807, 2.05) is 68.4 Å². The fraction of sp³-hybridized carbons (Fsp3) is 0.182. The van der Waals surface area contributed by atoms with Crippen molar-refractivity contribution in [3.63, 3.8) is 0 Å². The lowest BCUT2D eigenvalue weighted by molar-refractivity contribution is -0.127. The number of hydrazine groups is 1. The second-order valence-electron chi connectivity index (χ2n) is 6.71. The number of fused-ring (bicyclic) bond motifs is 1. The number of nitrogens with one attached hydrogen (secondary N) is 3. The fourth-order valence-electron chi connectivity index (χ4n) is 2.93. The number of carbonyl (C=O) groups excluding carboxylic acids is 1. The van der Waals surface area contributed by atoms with Gasteiger partial charge in [0.2, 0.25) is 0 Å². The highest BCUT2D eigenvalue weighted by Gasteiger charge is 2.15. The molecule has 5 nitrogen and oxygen atoms in total. The molecule has 0 aromatic heterocycles. The predicted molar refractivity (Wildman–Crippen MR) is 117 cm³/mol. The summed E-state index contributed by atoms with van der Waals surface area (Å²) < 4.78 is 5.75. The maximum Gasteiger partial charge on any atom is 0.279 e. The summed E-state index contributed by atoms with van der Waals surface area (Å²) in [6, 6.07) is 19.8. The second-order valence-corrected chi connectivity index (χ2v) is 7.12. The van der Waals surface area contributed by atoms with Gasteiger partial charge in [-0.15, -0.1) is 0 Å². The van der Waals surface area contributed by atoms with E-state index in [-0.39, 0.29) is 5.91 Å². The molecule has 0 radical (unpaired) electrons. The van der Waals surface area contributed by atoms with Crippen molar-refractivity contribution in [1.29, 1.82) is 0 Å². The smallest absolute Gasteiger partial charge is 0.279 e. The average Bonchev–Trinajstić information content (AvgIpc) is 2.65. The van der Waals surface area contributed by atoms with Gasteiger partial charge in [-0.3, -0.25) is 15.6 Å². The summed E-state index contributed by atoms with van der Waals surface area (Å²) in [6.07, 6.45) is -0.683. The van der Waals surface area contributed by atoms with E-state index in [2.05, 4.69) is 22.2 Å². The highest BCUT2D eigenvalue weighted by molar-refractivity contribution is 7.80. The molecule has 1 atom stereocenters. The third-order valence-electron chi connectivity index (χ3n) is 4.18. The Morgan fingerprint density at radius 2 is 1.61 bits per heavy atom. The minimum atomic E-state index is -0.683. The number of hydrogen-bond donors (Lipinski definition) is 3. The molecule has 0 unspecified atom stereocenters. The van der Waals surface area contributed by atoms with Gasteiger partial charge in [-0.2, -0.15) is 0 Å². The first-order valence-electron chi connectivity index (χ1n) is 9.01. The number of amides is 1. The van der Waals surface area contributed by atoms with Crippen molar-refractivity contribution in [3.8, 4) is 5.75 Å². The minimum Gasteiger partial charge on any atom is -0.481 e. The van der Waals surface area contributed by atoms with Gasteiger partial charge < -0.3 is 10.1 Å². The number of hydrogen-bond acceptors (Lipinski definition) is 3. The van der Waals surface area contributed by atoms with Crippen LogP contribution < -0.4 is 20.9 Å². The molecule has 6 heteroatoms. The van der Waals surface area contributed by atoms with Crippen LogP contribution in [-0.4, -0.2) is 17.1 Å². The molecule has 3 N–H and O–H groups in total. The third-order valence-corrected chi connectivity index (χ3v) is 4.39. The number of rotatable bonds is 4. The Hall–Kier alpha value is -3.12. The second kappa shape index (κ2) is 8.71. The first-order valence-corrected chi connectivity index (χ1v) is 9.42. The average molecular weight is 394 g/mol. The molecular formula is C22H23N3O2S. The molecule has 28 heavy (non-hydrogen) atoms. The zero-order chi connectivity index (χ0) is 20.1. The third kappa shape index (κ3) is 5.20. The summed E-state index contributed by atoms with van der Waals surface area (Å²) in [5.74, 6) is 0.315. The van der Waals surface area contributed by atoms with Crippen LogP contribution in [0.3, 0.4) is 0 Å². The van der Waals surface area contributed by atoms with Gasteiger partial charge in [0.1, 0.15) is 5.75 Å². The van der Waals surface area contributed by atoms with Gasteiger partial charge in [-0.25, -0.2) is 0 Å². The first-order chi connectivity index (χ1) is 13.4. The van der Waals surface area contributed by atoms with Gasteiger partial charge in [0, 0.05) is 5.69 Å². The highest BCUT2D eigenvalue weighted by Crippen LogP contribution is 2.21. The van der Waals surface area contributed by atoms with Gasteiger partial charge in [-0.1, -0.05) is 36.4 Å². The van der Waals surface area contributed by atoms with Crippen molar-refractivity contribution in [2.75, 3.05) is 5.32 Å². The number of ether oxygens (including phenoxy) is 1. The van der Waals surface area contributed by atoms with Crippen molar-refractivity contribution in [2.24, 2.45) is 0 Å². The maximum absolute atomic E-state index is 12.3. The molecule has 3 rings (SSSR count). The molecule has 3 aromatic rings. The topological polar surface area (TPSA) is 62.4 Å². The van der Waals surface area contributed by atoms with E-state index in [1.165, 1.54) is 0 Å². The molecular weight excluding hydrogens is 370 g/mol. The lowest BCUT2D eigenvalue weighted by Crippen LogP contribution is -2.48. The summed E-state index contributed by atoms with van der Waals surface area (Å²) in [5.41, 5.74) is 8.41. The Bertz CT molecular complexity index is 999. The number of aryl methyl sites for hydroxylation is 2. The van der Waals surface area contributed by atoms with E-state index < -0.39 is 6.10 Å². The quantitative estimate of drug-likeness (QED) is 0.457. The van der Waals surface area contributed by atoms with Gasteiger partial charge in [0.05, 0.1) is 0 Å². The summed E-state index contributed by atoms with van der Waals surface area (Å²) in [4.78, 5) is 12.3. The van der Waals surface area contributed by atoms with Crippen LogP contribution in [0.5, 0.6) is 5.75 Å². The van der Waals surface area contributed by atoms with Crippen LogP contribution in [0.1, 0.15) is 18.1 Å². The van der Waals surface area contributed by atoms with E-state index in [9.17, 15) is 4.79 Å². The van der Waals surface area contributed by atoms with Crippen molar-refractivity contribution in [3.05, 3.63) is 71.8 Å². The van der Waals surface area contributed by atoms with Gasteiger partial charge in [0.25, 0.3) is 5.91 Å². The van der Waals surface area contributed by atoms with Crippen LogP contribution in [0.4, 0.5) is 5.69 Å². The fourth-order valence-corrected chi connectivity index (χ4v) is 3.10. The van der Waals surface area contributed by atoms with Crippen molar-refractivity contribution >= 4 is 39.7 Å². The maximum atomic E-state index is 12.3. The molecule has 0 heterocycles. The Kier molecular flexibility index (Phi) is 6.11. The largest absolute Gasteiger partial charge is 0.481 e. The molecule has 144 valence electrons. The zero-order valence-corrected chi connectivity index (χ0v) is 16.9. The van der Waals surface area contributed by atoms with Crippen molar-refractivity contribution < 1.29 is 9.53 Å². The lowest BCUT2D eigenvalue weighted by Gasteiger charge is -2.17. The lowest BCUT2D eigenvalue weighted by atomic mass is 10.1. The van der Waals surface area contributed by atoms with Gasteiger partial charge in [0.15, 0.2) is 11.2 Å². The molecule has 0 saturated heterocycles. The molecule has 0 aliphatic carbocycles. The number of benzene rings is 3. The predicted octanol–water partition coefficient (Wildman–Crippen LogP) is 4.24. The number of anilines is 1. The van der Waals surface area contributed by atoms with Gasteiger partial charge >= 0.3 is 0 Å². The van der Waals surface area contributed by atoms with Crippen LogP contribution in [0, 0.1) is 13.8 Å². The SMILES string of the molecule is Cc1cc(C)cc(NC(=S)NNC(=O)[C@H](C)Oc2ccc3ccccc3c2)c1. The number of thiocarbonyl (C=S) groups is 1. The Balaban J connectivity index is 1.52. The normalized spacial score (nSPS) is 11.5. The molecule has 0 fully saturated rings. The summed E-state index contributed by atoms with van der Waals surface area (Å²) in [6.45, 7) is 5.72. The highest BCUT2D eigenvalue weighted by atomic mass is 32.1. The van der Waals surface area contributed by atoms with Crippen molar-refractivity contribution in [2.45, 2.75) is 26.9 Å². The van der Waals surface area contributed by atoms with Crippen LogP contribution in [0.25, 0.3) is 10.8 Å². The molecule has 0 aliphatic heterocycles. The minimum absolute atomic E-state index is 0.302. The van der Waals surface area contributed by atoms with E-state index in [0.29, 0.717) is 10.9 Å². The molecule has 3 aromatic carbocycles. The van der Waals surface area contributed by atoms with Gasteiger partial charge in [-0.05, 0) is 79.2 Å². The van der Waals surface area contributed by atoms with Crippen LogP contribution in [0.2, 0.25) is 0 Å². The van der Waals surface area contributed by atoms with Crippen molar-refractivity contribution in [1.82, 2.24) is 10.9 Å². The molecule has 0 spiro atoms. The Morgan fingerprint density at radius 1 is 0.929 bits per heavy atom. The van der Waals surface area contributed by atoms with Crippen LogP contribution in [-0.2, 0) is 4.79 Å². The van der Waals surface area contributed by atoms with Crippen LogP contribution >= 0.6 is 12.2 Å². The molecule has 0 aliphatic rings. The van der Waals surface area contributed by atoms with Crippen LogP contribution in [0.15, 0.2) is 60.7 Å². The summed E-state index contributed by atoms with van der Waals surface area (Å²) in [7, 11) is 0.